The van der Waals surface area contributed by atoms with Crippen LogP contribution in [-0.2, 0) is 0 Å². The van der Waals surface area contributed by atoms with Crippen molar-refractivity contribution in [2.75, 3.05) is 25.5 Å². The summed E-state index contributed by atoms with van der Waals surface area (Å²) in [6.07, 6.45) is 5.29. The van der Waals surface area contributed by atoms with Crippen molar-refractivity contribution in [1.29, 1.82) is 0 Å². The highest BCUT2D eigenvalue weighted by Crippen LogP contribution is 2.31. The number of allylic oxidation sites excluding steroid dienone is 2. The molecule has 1 aliphatic heterocycles. The Balaban J connectivity index is 1.85. The van der Waals surface area contributed by atoms with Crippen LogP contribution in [0.3, 0.4) is 0 Å². The van der Waals surface area contributed by atoms with Crippen LogP contribution in [0.1, 0.15) is 48.2 Å². The molecule has 0 unspecified atom stereocenters. The first-order valence-corrected chi connectivity index (χ1v) is 10.0. The second-order valence-electron chi connectivity index (χ2n) is 7.03. The highest BCUT2D eigenvalue weighted by atomic mass is 19.1. The predicted molar refractivity (Wildman–Crippen MR) is 117 cm³/mol. The van der Waals surface area contributed by atoms with E-state index in [1.165, 1.54) is 0 Å². The molecule has 1 aliphatic rings. The first-order chi connectivity index (χ1) is 14.5. The Morgan fingerprint density at radius 1 is 1.20 bits per heavy atom. The average molecular weight is 412 g/mol. The number of anilines is 1. The van der Waals surface area contributed by atoms with E-state index in [4.69, 9.17) is 4.74 Å². The molecule has 0 saturated heterocycles. The van der Waals surface area contributed by atoms with Crippen LogP contribution >= 0.6 is 0 Å². The molecule has 1 heterocycles. The number of nitrogens with one attached hydrogen (secondary N) is 2. The van der Waals surface area contributed by atoms with Gasteiger partial charge >= 0.3 is 0 Å². The molecule has 0 spiro atoms. The van der Waals surface area contributed by atoms with Gasteiger partial charge in [-0.3, -0.25) is 4.79 Å². The molecule has 0 fully saturated rings. The Labute approximate surface area is 175 Å². The van der Waals surface area contributed by atoms with Crippen molar-refractivity contribution in [3.05, 3.63) is 70.8 Å². The van der Waals surface area contributed by atoms with Crippen LogP contribution < -0.4 is 15.4 Å². The van der Waals surface area contributed by atoms with E-state index in [9.17, 15) is 13.6 Å². The third kappa shape index (κ3) is 4.60. The van der Waals surface area contributed by atoms with Crippen LogP contribution in [0.4, 0.5) is 14.5 Å². The van der Waals surface area contributed by atoms with Crippen molar-refractivity contribution in [1.82, 2.24) is 5.32 Å². The van der Waals surface area contributed by atoms with E-state index in [1.807, 2.05) is 32.1 Å². The standard InChI is InChI=1S/C24H26F2N2O2/c1-4-15(5-2)18-7-6-17(12-23(18)30-3)28-24(29)20-14-21(25)19(13-22(20)26)16-8-10-27-11-9-16/h4,6-8,12-14,27H,5,9-11H2,1-3H3,(H,28,29)/b15-4+. The molecule has 2 aromatic rings. The summed E-state index contributed by atoms with van der Waals surface area (Å²) in [4.78, 5) is 12.6. The zero-order chi connectivity index (χ0) is 21.7. The largest absolute Gasteiger partial charge is 0.496 e. The van der Waals surface area contributed by atoms with Crippen molar-refractivity contribution in [2.45, 2.75) is 26.7 Å². The van der Waals surface area contributed by atoms with Gasteiger partial charge < -0.3 is 15.4 Å². The summed E-state index contributed by atoms with van der Waals surface area (Å²) >= 11 is 0. The Morgan fingerprint density at radius 2 is 2.00 bits per heavy atom. The van der Waals surface area contributed by atoms with Crippen molar-refractivity contribution in [3.8, 4) is 5.75 Å². The van der Waals surface area contributed by atoms with E-state index in [2.05, 4.69) is 10.6 Å². The van der Waals surface area contributed by atoms with Gasteiger partial charge in [0.1, 0.15) is 17.4 Å². The molecule has 0 bridgehead atoms. The molecule has 158 valence electrons. The number of hydrogen-bond donors (Lipinski definition) is 2. The number of rotatable bonds is 6. The average Bonchev–Trinajstić information content (AvgIpc) is 2.77. The van der Waals surface area contributed by atoms with Crippen molar-refractivity contribution in [3.63, 3.8) is 0 Å². The summed E-state index contributed by atoms with van der Waals surface area (Å²) in [5.41, 5.74) is 3.09. The summed E-state index contributed by atoms with van der Waals surface area (Å²) in [5.74, 6) is -1.48. The molecule has 30 heavy (non-hydrogen) atoms. The van der Waals surface area contributed by atoms with Crippen LogP contribution in [0, 0.1) is 11.6 Å². The number of halogens is 2. The smallest absolute Gasteiger partial charge is 0.258 e. The van der Waals surface area contributed by atoms with Crippen LogP contribution in [0.5, 0.6) is 5.75 Å². The summed E-state index contributed by atoms with van der Waals surface area (Å²) in [5, 5.41) is 5.77. The van der Waals surface area contributed by atoms with E-state index in [-0.39, 0.29) is 11.1 Å². The summed E-state index contributed by atoms with van der Waals surface area (Å²) < 4.78 is 34.7. The van der Waals surface area contributed by atoms with Gasteiger partial charge in [-0.2, -0.15) is 0 Å². The van der Waals surface area contributed by atoms with Gasteiger partial charge in [0, 0.05) is 29.4 Å². The zero-order valence-electron chi connectivity index (χ0n) is 17.4. The fraction of sp³-hybridized carbons (Fsp3) is 0.292. The number of ether oxygens (including phenoxy) is 1. The minimum Gasteiger partial charge on any atom is -0.496 e. The van der Waals surface area contributed by atoms with Gasteiger partial charge in [-0.15, -0.1) is 0 Å². The van der Waals surface area contributed by atoms with E-state index in [1.54, 1.807) is 19.2 Å². The fourth-order valence-corrected chi connectivity index (χ4v) is 3.62. The van der Waals surface area contributed by atoms with E-state index in [0.29, 0.717) is 30.9 Å². The number of amides is 1. The molecule has 6 heteroatoms. The maximum atomic E-state index is 14.6. The molecule has 3 rings (SSSR count). The van der Waals surface area contributed by atoms with E-state index < -0.39 is 17.5 Å². The molecular weight excluding hydrogens is 386 g/mol. The van der Waals surface area contributed by atoms with Crippen LogP contribution in [0.2, 0.25) is 0 Å². The molecule has 1 amide bonds. The Morgan fingerprint density at radius 3 is 2.63 bits per heavy atom. The first kappa shape index (κ1) is 21.7. The molecule has 0 aliphatic carbocycles. The highest BCUT2D eigenvalue weighted by Gasteiger charge is 2.19. The molecule has 0 saturated carbocycles. The van der Waals surface area contributed by atoms with Gasteiger partial charge in [0.2, 0.25) is 0 Å². The Bertz CT molecular complexity index is 1010. The van der Waals surface area contributed by atoms with E-state index in [0.717, 1.165) is 35.3 Å². The van der Waals surface area contributed by atoms with Gasteiger partial charge in [0.15, 0.2) is 0 Å². The molecule has 0 radical (unpaired) electrons. The lowest BCUT2D eigenvalue weighted by Crippen LogP contribution is -2.20. The van der Waals surface area contributed by atoms with Crippen LogP contribution in [0.25, 0.3) is 11.1 Å². The van der Waals surface area contributed by atoms with Crippen molar-refractivity contribution >= 4 is 22.7 Å². The van der Waals surface area contributed by atoms with Gasteiger partial charge in [-0.1, -0.05) is 19.1 Å². The topological polar surface area (TPSA) is 50.4 Å². The predicted octanol–water partition coefficient (Wildman–Crippen LogP) is 5.42. The number of carbonyl (C=O) groups excluding carboxylic acids is 1. The molecular formula is C24H26F2N2O2. The van der Waals surface area contributed by atoms with Crippen LogP contribution in [0.15, 0.2) is 42.5 Å². The molecule has 2 aromatic carbocycles. The zero-order valence-corrected chi connectivity index (χ0v) is 17.4. The first-order valence-electron chi connectivity index (χ1n) is 10.0. The fourth-order valence-electron chi connectivity index (χ4n) is 3.62. The third-order valence-corrected chi connectivity index (χ3v) is 5.25. The number of benzene rings is 2. The molecule has 2 N–H and O–H groups in total. The Hall–Kier alpha value is -2.99. The van der Waals surface area contributed by atoms with Crippen molar-refractivity contribution in [2.24, 2.45) is 0 Å². The molecule has 4 nitrogen and oxygen atoms in total. The normalized spacial score (nSPS) is 14.3. The van der Waals surface area contributed by atoms with E-state index >= 15 is 0 Å². The SMILES string of the molecule is C/C=C(\CC)c1ccc(NC(=O)c2cc(F)c(C3=CCNCC3)cc2F)cc1OC. The second kappa shape index (κ2) is 9.67. The van der Waals surface area contributed by atoms with Gasteiger partial charge in [-0.05, 0) is 61.7 Å². The minimum absolute atomic E-state index is 0.204. The summed E-state index contributed by atoms with van der Waals surface area (Å²) in [6.45, 7) is 5.32. The minimum atomic E-state index is -0.755. The van der Waals surface area contributed by atoms with Gasteiger partial charge in [0.25, 0.3) is 5.91 Å². The quantitative estimate of drug-likeness (QED) is 0.667. The van der Waals surface area contributed by atoms with Gasteiger partial charge in [0.05, 0.1) is 12.7 Å². The Kier molecular flexibility index (Phi) is 7.00. The summed E-state index contributed by atoms with van der Waals surface area (Å²) in [7, 11) is 1.55. The molecule has 0 aromatic heterocycles. The third-order valence-electron chi connectivity index (χ3n) is 5.25. The lowest BCUT2D eigenvalue weighted by molar-refractivity contribution is 0.102. The number of hydrogen-bond acceptors (Lipinski definition) is 3. The van der Waals surface area contributed by atoms with Crippen molar-refractivity contribution < 1.29 is 18.3 Å². The summed E-state index contributed by atoms with van der Waals surface area (Å²) in [6, 6.07) is 7.30. The highest BCUT2D eigenvalue weighted by molar-refractivity contribution is 6.05. The maximum Gasteiger partial charge on any atom is 0.258 e. The lowest BCUT2D eigenvalue weighted by atomic mass is 9.97. The second-order valence-corrected chi connectivity index (χ2v) is 7.03. The number of methoxy groups -OCH3 is 1. The lowest BCUT2D eigenvalue weighted by Gasteiger charge is -2.16. The molecule has 0 atom stereocenters. The maximum absolute atomic E-state index is 14.6. The van der Waals surface area contributed by atoms with Crippen LogP contribution in [-0.4, -0.2) is 26.1 Å². The number of carbonyl (C=O) groups is 1. The van der Waals surface area contributed by atoms with Gasteiger partial charge in [-0.25, -0.2) is 8.78 Å². The monoisotopic (exact) mass is 412 g/mol.